The Morgan fingerprint density at radius 3 is 2.71 bits per heavy atom. The van der Waals surface area contributed by atoms with Crippen LogP contribution in [0, 0.1) is 0 Å². The quantitative estimate of drug-likeness (QED) is 0.705. The van der Waals surface area contributed by atoms with Crippen molar-refractivity contribution in [1.82, 2.24) is 10.3 Å². The lowest BCUT2D eigenvalue weighted by molar-refractivity contribution is 0.0951. The Morgan fingerprint density at radius 2 is 1.93 bits per heavy atom. The van der Waals surface area contributed by atoms with Crippen LogP contribution in [0.5, 0.6) is 0 Å². The summed E-state index contributed by atoms with van der Waals surface area (Å²) in [6.07, 6.45) is 4.69. The Balaban J connectivity index is 1.45. The van der Waals surface area contributed by atoms with Crippen LogP contribution in [0.4, 0.5) is 0 Å². The highest BCUT2D eigenvalue weighted by Gasteiger charge is 2.13. The van der Waals surface area contributed by atoms with E-state index in [2.05, 4.69) is 16.4 Å². The number of aryl methyl sites for hydroxylation is 2. The first-order chi connectivity index (χ1) is 13.6. The van der Waals surface area contributed by atoms with E-state index >= 15 is 0 Å². The van der Waals surface area contributed by atoms with E-state index in [9.17, 15) is 9.90 Å². The molecular formula is C24H24N2O2. The fraction of sp³-hybridized carbons (Fsp3) is 0.250. The van der Waals surface area contributed by atoms with Crippen LogP contribution in [0.1, 0.15) is 52.2 Å². The molecule has 0 saturated carbocycles. The summed E-state index contributed by atoms with van der Waals surface area (Å²) in [5.41, 5.74) is 7.05. The summed E-state index contributed by atoms with van der Waals surface area (Å²) in [4.78, 5) is 17.1. The van der Waals surface area contributed by atoms with E-state index in [1.54, 1.807) is 6.92 Å². The van der Waals surface area contributed by atoms with Crippen molar-refractivity contribution in [3.05, 3.63) is 88.7 Å². The summed E-state index contributed by atoms with van der Waals surface area (Å²) in [6.45, 7) is 2.23. The summed E-state index contributed by atoms with van der Waals surface area (Å²) in [5, 5.41) is 12.6. The smallest absolute Gasteiger partial charge is 0.251 e. The third kappa shape index (κ3) is 3.97. The van der Waals surface area contributed by atoms with Gasteiger partial charge in [-0.15, -0.1) is 0 Å². The molecule has 1 aliphatic rings. The zero-order chi connectivity index (χ0) is 19.5. The van der Waals surface area contributed by atoms with Crippen molar-refractivity contribution in [3.8, 4) is 11.1 Å². The molecule has 142 valence electrons. The first kappa shape index (κ1) is 18.4. The summed E-state index contributed by atoms with van der Waals surface area (Å²) < 4.78 is 0. The predicted octanol–water partition coefficient (Wildman–Crippen LogP) is 4.22. The van der Waals surface area contributed by atoms with E-state index < -0.39 is 6.10 Å². The average molecular weight is 372 g/mol. The van der Waals surface area contributed by atoms with Gasteiger partial charge in [0.05, 0.1) is 6.10 Å². The third-order valence-corrected chi connectivity index (χ3v) is 5.28. The number of hydrogen-bond acceptors (Lipinski definition) is 3. The van der Waals surface area contributed by atoms with Crippen molar-refractivity contribution in [2.24, 2.45) is 0 Å². The number of carbonyl (C=O) groups excluding carboxylic acids is 1. The number of aromatic nitrogens is 1. The van der Waals surface area contributed by atoms with E-state index in [1.165, 1.54) is 17.7 Å². The van der Waals surface area contributed by atoms with Crippen molar-refractivity contribution in [3.63, 3.8) is 0 Å². The lowest BCUT2D eigenvalue weighted by Crippen LogP contribution is -2.23. The van der Waals surface area contributed by atoms with Crippen LogP contribution >= 0.6 is 0 Å². The van der Waals surface area contributed by atoms with Crippen LogP contribution in [-0.4, -0.2) is 16.0 Å². The van der Waals surface area contributed by atoms with Crippen LogP contribution in [0.15, 0.2) is 60.8 Å². The lowest BCUT2D eigenvalue weighted by atomic mass is 10.0. The van der Waals surface area contributed by atoms with Gasteiger partial charge >= 0.3 is 0 Å². The monoisotopic (exact) mass is 372 g/mol. The Kier molecular flexibility index (Phi) is 5.22. The van der Waals surface area contributed by atoms with E-state index in [4.69, 9.17) is 0 Å². The van der Waals surface area contributed by atoms with Crippen molar-refractivity contribution < 1.29 is 9.90 Å². The van der Waals surface area contributed by atoms with Gasteiger partial charge in [0.25, 0.3) is 5.91 Å². The standard InChI is InChI=1S/C24H24N2O2/c1-16(27)18-8-10-19(11-9-18)20-4-2-6-22(13-20)24(28)26-15-17-12-21-5-3-7-23(21)25-14-17/h2,4,6,8-14,16,27H,3,5,7,15H2,1H3,(H,26,28)/t16-/m1/s1. The van der Waals surface area contributed by atoms with Gasteiger partial charge in [-0.3, -0.25) is 9.78 Å². The Morgan fingerprint density at radius 1 is 1.11 bits per heavy atom. The molecule has 4 rings (SSSR count). The topological polar surface area (TPSA) is 62.2 Å². The number of rotatable bonds is 5. The molecule has 0 fully saturated rings. The molecule has 2 aromatic carbocycles. The molecule has 1 atom stereocenters. The van der Waals surface area contributed by atoms with Crippen LogP contribution in [0.25, 0.3) is 11.1 Å². The normalized spacial score (nSPS) is 13.8. The molecule has 1 aliphatic carbocycles. The van der Waals surface area contributed by atoms with Gasteiger partial charge in [-0.1, -0.05) is 42.5 Å². The summed E-state index contributed by atoms with van der Waals surface area (Å²) in [5.74, 6) is -0.0945. The second-order valence-electron chi connectivity index (χ2n) is 7.36. The van der Waals surface area contributed by atoms with Crippen LogP contribution in [-0.2, 0) is 19.4 Å². The van der Waals surface area contributed by atoms with Gasteiger partial charge < -0.3 is 10.4 Å². The molecule has 3 aromatic rings. The van der Waals surface area contributed by atoms with Gasteiger partial charge in [-0.2, -0.15) is 0 Å². The highest BCUT2D eigenvalue weighted by atomic mass is 16.3. The minimum atomic E-state index is -0.486. The molecule has 4 nitrogen and oxygen atoms in total. The number of pyridine rings is 1. The van der Waals surface area contributed by atoms with Crippen molar-refractivity contribution in [1.29, 1.82) is 0 Å². The number of aliphatic hydroxyl groups is 1. The predicted molar refractivity (Wildman–Crippen MR) is 110 cm³/mol. The van der Waals surface area contributed by atoms with E-state index in [0.29, 0.717) is 12.1 Å². The van der Waals surface area contributed by atoms with Crippen LogP contribution < -0.4 is 5.32 Å². The van der Waals surface area contributed by atoms with Gasteiger partial charge in [-0.05, 0) is 66.1 Å². The zero-order valence-corrected chi connectivity index (χ0v) is 16.0. The largest absolute Gasteiger partial charge is 0.389 e. The summed E-state index contributed by atoms with van der Waals surface area (Å²) >= 11 is 0. The molecule has 28 heavy (non-hydrogen) atoms. The molecule has 1 amide bonds. The molecule has 2 N–H and O–H groups in total. The molecule has 4 heteroatoms. The highest BCUT2D eigenvalue weighted by molar-refractivity contribution is 5.95. The van der Waals surface area contributed by atoms with Gasteiger partial charge in [0.1, 0.15) is 0 Å². The number of nitrogens with one attached hydrogen (secondary N) is 1. The molecule has 0 spiro atoms. The van der Waals surface area contributed by atoms with Crippen molar-refractivity contribution in [2.75, 3.05) is 0 Å². The molecule has 0 aliphatic heterocycles. The molecule has 0 unspecified atom stereocenters. The molecule has 0 bridgehead atoms. The minimum absolute atomic E-state index is 0.0945. The summed E-state index contributed by atoms with van der Waals surface area (Å²) in [6, 6.07) is 17.5. The second kappa shape index (κ2) is 7.95. The van der Waals surface area contributed by atoms with Crippen LogP contribution in [0.2, 0.25) is 0 Å². The fourth-order valence-corrected chi connectivity index (χ4v) is 3.65. The van der Waals surface area contributed by atoms with E-state index in [0.717, 1.165) is 35.1 Å². The van der Waals surface area contributed by atoms with Gasteiger partial charge in [-0.25, -0.2) is 0 Å². The number of fused-ring (bicyclic) bond motifs is 1. The van der Waals surface area contributed by atoms with Crippen molar-refractivity contribution >= 4 is 5.91 Å². The Bertz CT molecular complexity index is 994. The minimum Gasteiger partial charge on any atom is -0.389 e. The fourth-order valence-electron chi connectivity index (χ4n) is 3.65. The first-order valence-electron chi connectivity index (χ1n) is 9.73. The number of amides is 1. The Hall–Kier alpha value is -2.98. The zero-order valence-electron chi connectivity index (χ0n) is 16.0. The lowest BCUT2D eigenvalue weighted by Gasteiger charge is -2.09. The van der Waals surface area contributed by atoms with E-state index in [1.807, 2.05) is 54.7 Å². The maximum absolute atomic E-state index is 12.6. The molecule has 0 saturated heterocycles. The summed E-state index contributed by atoms with van der Waals surface area (Å²) in [7, 11) is 0. The Labute approximate surface area is 165 Å². The molecule has 1 heterocycles. The number of aliphatic hydroxyl groups excluding tert-OH is 1. The highest BCUT2D eigenvalue weighted by Crippen LogP contribution is 2.23. The number of hydrogen-bond donors (Lipinski definition) is 2. The maximum atomic E-state index is 12.6. The maximum Gasteiger partial charge on any atom is 0.251 e. The second-order valence-corrected chi connectivity index (χ2v) is 7.36. The molecular weight excluding hydrogens is 348 g/mol. The first-order valence-corrected chi connectivity index (χ1v) is 9.73. The van der Waals surface area contributed by atoms with E-state index in [-0.39, 0.29) is 5.91 Å². The average Bonchev–Trinajstić information content (AvgIpc) is 3.20. The molecule has 0 radical (unpaired) electrons. The SMILES string of the molecule is C[C@@H](O)c1ccc(-c2cccc(C(=O)NCc3cnc4c(c3)CCC4)c2)cc1. The van der Waals surface area contributed by atoms with Gasteiger partial charge in [0.15, 0.2) is 0 Å². The van der Waals surface area contributed by atoms with Crippen LogP contribution in [0.3, 0.4) is 0 Å². The number of carbonyl (C=O) groups is 1. The van der Waals surface area contributed by atoms with Crippen molar-refractivity contribution in [2.45, 2.75) is 38.8 Å². The van der Waals surface area contributed by atoms with Gasteiger partial charge in [0, 0.05) is 24.0 Å². The number of nitrogens with zero attached hydrogens (tertiary/aromatic N) is 1. The number of benzene rings is 2. The third-order valence-electron chi connectivity index (χ3n) is 5.28. The van der Waals surface area contributed by atoms with Gasteiger partial charge in [0.2, 0.25) is 0 Å². The molecule has 1 aromatic heterocycles.